The number of hydrogen-bond acceptors (Lipinski definition) is 7. The smallest absolute Gasteiger partial charge is 0.291 e. The highest BCUT2D eigenvalue weighted by atomic mass is 32.1. The van der Waals surface area contributed by atoms with Gasteiger partial charge in [0.25, 0.3) is 5.56 Å². The summed E-state index contributed by atoms with van der Waals surface area (Å²) in [5.41, 5.74) is 3.22. The SMILES string of the molecule is CCOc1ccc(/C=C/c2nc3s/c(=C\c4cn(-c5ccccc5)nc4-c4ccc(OC)c(F)c4)c(=O)n3n2)cc1. The molecule has 0 radical (unpaired) electrons. The van der Waals surface area contributed by atoms with Crippen LogP contribution >= 0.6 is 11.3 Å². The van der Waals surface area contributed by atoms with Gasteiger partial charge in [-0.2, -0.15) is 14.6 Å². The third-order valence-corrected chi connectivity index (χ3v) is 7.25. The zero-order chi connectivity index (χ0) is 28.3. The number of nitrogens with zero attached hydrogens (tertiary/aromatic N) is 5. The fourth-order valence-corrected chi connectivity index (χ4v) is 5.22. The fraction of sp³-hybridized carbons (Fsp3) is 0.0968. The van der Waals surface area contributed by atoms with E-state index >= 15 is 0 Å². The van der Waals surface area contributed by atoms with Gasteiger partial charge < -0.3 is 9.47 Å². The topological polar surface area (TPSA) is 83.5 Å². The highest BCUT2D eigenvalue weighted by molar-refractivity contribution is 7.15. The number of hydrogen-bond donors (Lipinski definition) is 0. The van der Waals surface area contributed by atoms with E-state index in [1.54, 1.807) is 29.0 Å². The molecular formula is C31H24FN5O3S. The van der Waals surface area contributed by atoms with E-state index in [1.807, 2.05) is 73.8 Å². The van der Waals surface area contributed by atoms with Crippen molar-refractivity contribution in [2.24, 2.45) is 0 Å². The molecule has 6 aromatic rings. The van der Waals surface area contributed by atoms with Crippen LogP contribution in [-0.4, -0.2) is 38.1 Å². The van der Waals surface area contributed by atoms with Crippen molar-refractivity contribution >= 4 is 34.5 Å². The summed E-state index contributed by atoms with van der Waals surface area (Å²) >= 11 is 1.23. The summed E-state index contributed by atoms with van der Waals surface area (Å²) in [6.45, 7) is 2.55. The van der Waals surface area contributed by atoms with Gasteiger partial charge in [-0.25, -0.2) is 9.07 Å². The highest BCUT2D eigenvalue weighted by Gasteiger charge is 2.15. The third kappa shape index (κ3) is 5.37. The van der Waals surface area contributed by atoms with E-state index in [2.05, 4.69) is 10.1 Å². The van der Waals surface area contributed by atoms with E-state index in [0.717, 1.165) is 17.0 Å². The van der Waals surface area contributed by atoms with E-state index in [4.69, 9.17) is 14.6 Å². The largest absolute Gasteiger partial charge is 0.494 e. The van der Waals surface area contributed by atoms with Gasteiger partial charge in [0.2, 0.25) is 4.96 Å². The van der Waals surface area contributed by atoms with Crippen LogP contribution < -0.4 is 19.6 Å². The number of benzene rings is 3. The Morgan fingerprint density at radius 2 is 1.80 bits per heavy atom. The van der Waals surface area contributed by atoms with Gasteiger partial charge in [-0.05, 0) is 67.1 Å². The molecule has 0 spiro atoms. The Balaban J connectivity index is 1.37. The molecule has 3 aromatic heterocycles. The molecule has 3 aromatic carbocycles. The minimum Gasteiger partial charge on any atom is -0.494 e. The molecule has 6 rings (SSSR count). The molecule has 204 valence electrons. The first-order chi connectivity index (χ1) is 20.0. The lowest BCUT2D eigenvalue weighted by molar-refractivity contribution is 0.340. The molecule has 0 aliphatic heterocycles. The van der Waals surface area contributed by atoms with Crippen molar-refractivity contribution in [1.82, 2.24) is 24.4 Å². The number of aromatic nitrogens is 5. The Morgan fingerprint density at radius 3 is 2.51 bits per heavy atom. The molecule has 0 N–H and O–H groups in total. The quantitative estimate of drug-likeness (QED) is 0.250. The van der Waals surface area contributed by atoms with E-state index in [-0.39, 0.29) is 11.3 Å². The maximum Gasteiger partial charge on any atom is 0.291 e. The van der Waals surface area contributed by atoms with Crippen LogP contribution in [0.25, 0.3) is 40.1 Å². The van der Waals surface area contributed by atoms with Crippen molar-refractivity contribution in [3.8, 4) is 28.4 Å². The van der Waals surface area contributed by atoms with Crippen molar-refractivity contribution in [3.05, 3.63) is 117 Å². The minimum atomic E-state index is -0.501. The molecule has 0 aliphatic carbocycles. The van der Waals surface area contributed by atoms with Gasteiger partial charge in [-0.15, -0.1) is 5.10 Å². The zero-order valence-electron chi connectivity index (χ0n) is 22.2. The molecule has 0 amide bonds. The summed E-state index contributed by atoms with van der Waals surface area (Å²) in [5, 5.41) is 9.11. The first-order valence-electron chi connectivity index (χ1n) is 12.8. The molecule has 0 aliphatic rings. The van der Waals surface area contributed by atoms with Crippen molar-refractivity contribution < 1.29 is 13.9 Å². The number of halogens is 1. The molecule has 0 bridgehead atoms. The molecular weight excluding hydrogens is 541 g/mol. The summed E-state index contributed by atoms with van der Waals surface area (Å²) in [6.07, 6.45) is 7.19. The van der Waals surface area contributed by atoms with E-state index in [9.17, 15) is 9.18 Å². The highest BCUT2D eigenvalue weighted by Crippen LogP contribution is 2.28. The van der Waals surface area contributed by atoms with Gasteiger partial charge in [0.05, 0.1) is 23.9 Å². The molecule has 0 unspecified atom stereocenters. The predicted molar refractivity (Wildman–Crippen MR) is 158 cm³/mol. The first kappa shape index (κ1) is 26.1. The maximum atomic E-state index is 14.6. The monoisotopic (exact) mass is 565 g/mol. The van der Waals surface area contributed by atoms with Gasteiger partial charge in [-0.3, -0.25) is 4.79 Å². The second-order valence-corrected chi connectivity index (χ2v) is 9.99. The summed E-state index contributed by atoms with van der Waals surface area (Å²) in [6, 6.07) is 21.9. The number of para-hydroxylation sites is 1. The fourth-order valence-electron chi connectivity index (χ4n) is 4.32. The first-order valence-corrected chi connectivity index (χ1v) is 13.7. The molecule has 3 heterocycles. The Bertz CT molecular complexity index is 1980. The normalized spacial score (nSPS) is 12.0. The van der Waals surface area contributed by atoms with Crippen LogP contribution in [0, 0.1) is 5.82 Å². The number of thiazole rings is 1. The Hall–Kier alpha value is -5.09. The number of fused-ring (bicyclic) bond motifs is 1. The van der Waals surface area contributed by atoms with Crippen molar-refractivity contribution in [2.75, 3.05) is 13.7 Å². The molecule has 0 fully saturated rings. The van der Waals surface area contributed by atoms with Crippen LogP contribution in [-0.2, 0) is 0 Å². The second kappa shape index (κ2) is 11.2. The average Bonchev–Trinajstić information content (AvgIpc) is 3.68. The van der Waals surface area contributed by atoms with E-state index in [0.29, 0.717) is 38.7 Å². The number of ether oxygens (including phenoxy) is 2. The predicted octanol–water partition coefficient (Wildman–Crippen LogP) is 5.27. The van der Waals surface area contributed by atoms with Gasteiger partial charge in [0.1, 0.15) is 11.4 Å². The molecule has 0 saturated carbocycles. The van der Waals surface area contributed by atoms with Gasteiger partial charge in [0, 0.05) is 17.3 Å². The summed E-state index contributed by atoms with van der Waals surface area (Å²) in [4.78, 5) is 18.3. The minimum absolute atomic E-state index is 0.140. The lowest BCUT2D eigenvalue weighted by Crippen LogP contribution is -2.23. The lowest BCUT2D eigenvalue weighted by atomic mass is 10.1. The van der Waals surface area contributed by atoms with Crippen LogP contribution in [0.2, 0.25) is 0 Å². The van der Waals surface area contributed by atoms with Gasteiger partial charge >= 0.3 is 0 Å². The third-order valence-electron chi connectivity index (χ3n) is 6.29. The van der Waals surface area contributed by atoms with E-state index in [1.165, 1.54) is 29.0 Å². The van der Waals surface area contributed by atoms with Crippen LogP contribution in [0.15, 0.2) is 83.8 Å². The Kier molecular flexibility index (Phi) is 7.13. The zero-order valence-corrected chi connectivity index (χ0v) is 23.0. The molecule has 8 nitrogen and oxygen atoms in total. The molecule has 0 atom stereocenters. The molecule has 41 heavy (non-hydrogen) atoms. The van der Waals surface area contributed by atoms with E-state index < -0.39 is 5.82 Å². The van der Waals surface area contributed by atoms with Gasteiger partial charge in [0.15, 0.2) is 17.4 Å². The summed E-state index contributed by atoms with van der Waals surface area (Å²) < 4.78 is 28.6. The van der Waals surface area contributed by atoms with Gasteiger partial charge in [-0.1, -0.05) is 47.7 Å². The molecule has 0 saturated heterocycles. The van der Waals surface area contributed by atoms with Crippen molar-refractivity contribution in [2.45, 2.75) is 6.92 Å². The Morgan fingerprint density at radius 1 is 1.00 bits per heavy atom. The number of rotatable bonds is 8. The Labute approximate surface area is 238 Å². The summed E-state index contributed by atoms with van der Waals surface area (Å²) in [5.74, 6) is 0.876. The van der Waals surface area contributed by atoms with Crippen molar-refractivity contribution in [3.63, 3.8) is 0 Å². The van der Waals surface area contributed by atoms with Crippen LogP contribution in [0.5, 0.6) is 11.5 Å². The van der Waals surface area contributed by atoms with Crippen LogP contribution in [0.3, 0.4) is 0 Å². The summed E-state index contributed by atoms with van der Waals surface area (Å²) in [7, 11) is 1.42. The average molecular weight is 566 g/mol. The molecule has 10 heteroatoms. The number of methoxy groups -OCH3 is 1. The maximum absolute atomic E-state index is 14.6. The lowest BCUT2D eigenvalue weighted by Gasteiger charge is -2.04. The van der Waals surface area contributed by atoms with Crippen molar-refractivity contribution in [1.29, 1.82) is 0 Å². The van der Waals surface area contributed by atoms with Crippen LogP contribution in [0.1, 0.15) is 23.9 Å². The standard InChI is InChI=1S/C31H24FN5O3S/c1-3-40-24-13-9-20(10-14-24)11-16-28-33-31-37(34-28)30(38)27(41-31)18-22-19-36(23-7-5-4-6-8-23)35-29(22)21-12-15-26(39-2)25(32)17-21/h4-19H,3H2,1-2H3/b16-11+,27-18-. The van der Waals surface area contributed by atoms with Crippen LogP contribution in [0.4, 0.5) is 4.39 Å². The second-order valence-electron chi connectivity index (χ2n) is 8.98.